The standard InChI is InChI=1S/C15H13BrFN3OS/c16-12-3-6-14(21)11(7-12)8-19-20-15(18)22-9-10-1-4-13(17)5-2-10/h1-8,21H,9H2,(H2,18,20)/b19-8+. The molecule has 0 heterocycles. The highest BCUT2D eigenvalue weighted by molar-refractivity contribution is 9.10. The molecular weight excluding hydrogens is 369 g/mol. The van der Waals surface area contributed by atoms with Crippen molar-refractivity contribution in [2.45, 2.75) is 5.75 Å². The zero-order chi connectivity index (χ0) is 15.9. The third-order valence-electron chi connectivity index (χ3n) is 2.64. The van der Waals surface area contributed by atoms with Gasteiger partial charge in [0.1, 0.15) is 11.6 Å². The summed E-state index contributed by atoms with van der Waals surface area (Å²) in [5.41, 5.74) is 7.22. The predicted octanol–water partition coefficient (Wildman–Crippen LogP) is 3.88. The number of nitrogens with zero attached hydrogens (tertiary/aromatic N) is 2. The lowest BCUT2D eigenvalue weighted by Gasteiger charge is -2.00. The van der Waals surface area contributed by atoms with Gasteiger partial charge < -0.3 is 10.8 Å². The molecule has 114 valence electrons. The van der Waals surface area contributed by atoms with E-state index in [0.29, 0.717) is 11.3 Å². The Morgan fingerprint density at radius 3 is 2.73 bits per heavy atom. The first-order valence-corrected chi connectivity index (χ1v) is 8.05. The Balaban J connectivity index is 1.93. The molecule has 0 aliphatic rings. The smallest absolute Gasteiger partial charge is 0.180 e. The number of phenolic OH excluding ortho intramolecular Hbond substituents is 1. The molecule has 0 spiro atoms. The zero-order valence-corrected chi connectivity index (χ0v) is 13.8. The van der Waals surface area contributed by atoms with Crippen LogP contribution in [0.25, 0.3) is 0 Å². The first kappa shape index (κ1) is 16.5. The van der Waals surface area contributed by atoms with Crippen molar-refractivity contribution in [3.05, 3.63) is 63.9 Å². The maximum atomic E-state index is 12.8. The van der Waals surface area contributed by atoms with Crippen molar-refractivity contribution in [1.29, 1.82) is 0 Å². The van der Waals surface area contributed by atoms with Crippen LogP contribution < -0.4 is 5.73 Å². The topological polar surface area (TPSA) is 71.0 Å². The highest BCUT2D eigenvalue weighted by Crippen LogP contribution is 2.20. The van der Waals surface area contributed by atoms with Crippen LogP contribution in [0, 0.1) is 5.82 Å². The molecule has 0 atom stereocenters. The number of rotatable bonds is 4. The van der Waals surface area contributed by atoms with Crippen LogP contribution >= 0.6 is 27.7 Å². The van der Waals surface area contributed by atoms with Gasteiger partial charge in [-0.05, 0) is 35.9 Å². The molecular formula is C15H13BrFN3OS. The third-order valence-corrected chi connectivity index (χ3v) is 3.99. The molecule has 4 nitrogen and oxygen atoms in total. The molecule has 2 rings (SSSR count). The molecule has 0 unspecified atom stereocenters. The first-order valence-electron chi connectivity index (χ1n) is 6.27. The monoisotopic (exact) mass is 381 g/mol. The Labute approximate surface area is 140 Å². The molecule has 0 aromatic heterocycles. The van der Waals surface area contributed by atoms with Crippen LogP contribution in [0.4, 0.5) is 4.39 Å². The Morgan fingerprint density at radius 1 is 1.27 bits per heavy atom. The molecule has 0 aliphatic carbocycles. The van der Waals surface area contributed by atoms with Crippen molar-refractivity contribution in [3.8, 4) is 5.75 Å². The summed E-state index contributed by atoms with van der Waals surface area (Å²) in [4.78, 5) is 0. The molecule has 2 aromatic carbocycles. The van der Waals surface area contributed by atoms with Crippen molar-refractivity contribution in [3.63, 3.8) is 0 Å². The number of benzene rings is 2. The van der Waals surface area contributed by atoms with Crippen molar-refractivity contribution in [2.24, 2.45) is 15.9 Å². The van der Waals surface area contributed by atoms with Gasteiger partial charge in [0.05, 0.1) is 6.21 Å². The Morgan fingerprint density at radius 2 is 2.00 bits per heavy atom. The van der Waals surface area contributed by atoms with Crippen molar-refractivity contribution >= 4 is 39.1 Å². The van der Waals surface area contributed by atoms with Gasteiger partial charge in [0.2, 0.25) is 0 Å². The van der Waals surface area contributed by atoms with E-state index in [1.807, 2.05) is 0 Å². The number of phenols is 1. The molecule has 2 aromatic rings. The van der Waals surface area contributed by atoms with Crippen LogP contribution in [0.2, 0.25) is 0 Å². The fourth-order valence-corrected chi connectivity index (χ4v) is 2.53. The zero-order valence-electron chi connectivity index (χ0n) is 11.4. The molecule has 0 saturated heterocycles. The van der Waals surface area contributed by atoms with Crippen LogP contribution in [-0.2, 0) is 5.75 Å². The normalized spacial score (nSPS) is 12.0. The van der Waals surface area contributed by atoms with Crippen LogP contribution in [0.5, 0.6) is 5.75 Å². The second kappa shape index (κ2) is 7.95. The third kappa shape index (κ3) is 5.16. The Kier molecular flexibility index (Phi) is 5.97. The molecule has 3 N–H and O–H groups in total. The van der Waals surface area contributed by atoms with Gasteiger partial charge >= 0.3 is 0 Å². The van der Waals surface area contributed by atoms with E-state index in [4.69, 9.17) is 5.73 Å². The lowest BCUT2D eigenvalue weighted by molar-refractivity contribution is 0.474. The van der Waals surface area contributed by atoms with E-state index in [0.717, 1.165) is 10.0 Å². The molecule has 0 saturated carbocycles. The molecule has 22 heavy (non-hydrogen) atoms. The van der Waals surface area contributed by atoms with Crippen LogP contribution in [0.1, 0.15) is 11.1 Å². The van der Waals surface area contributed by atoms with Crippen LogP contribution in [0.15, 0.2) is 57.1 Å². The van der Waals surface area contributed by atoms with Crippen molar-refractivity contribution < 1.29 is 9.50 Å². The van der Waals surface area contributed by atoms with Crippen LogP contribution in [-0.4, -0.2) is 16.5 Å². The number of hydrogen-bond donors (Lipinski definition) is 2. The fourth-order valence-electron chi connectivity index (χ4n) is 1.54. The minimum absolute atomic E-state index is 0.111. The number of hydrogen-bond acceptors (Lipinski definition) is 4. The maximum absolute atomic E-state index is 12.8. The summed E-state index contributed by atoms with van der Waals surface area (Å²) in [6.07, 6.45) is 1.42. The lowest BCUT2D eigenvalue weighted by Crippen LogP contribution is -2.06. The highest BCUT2D eigenvalue weighted by atomic mass is 79.9. The molecule has 0 fully saturated rings. The number of thioether (sulfide) groups is 1. The quantitative estimate of drug-likeness (QED) is 0.479. The average molecular weight is 382 g/mol. The molecule has 0 bridgehead atoms. The van der Waals surface area contributed by atoms with E-state index in [1.165, 1.54) is 30.1 Å². The SMILES string of the molecule is N/C(=N\N=C\c1cc(Br)ccc1O)SCc1ccc(F)cc1. The van der Waals surface area contributed by atoms with Crippen molar-refractivity contribution in [1.82, 2.24) is 0 Å². The minimum atomic E-state index is -0.270. The lowest BCUT2D eigenvalue weighted by atomic mass is 10.2. The van der Waals surface area contributed by atoms with Gasteiger partial charge in [0.15, 0.2) is 5.17 Å². The van der Waals surface area contributed by atoms with E-state index < -0.39 is 0 Å². The van der Waals surface area contributed by atoms with Gasteiger partial charge in [-0.15, -0.1) is 5.10 Å². The van der Waals surface area contributed by atoms with Crippen LogP contribution in [0.3, 0.4) is 0 Å². The number of amidine groups is 1. The van der Waals surface area contributed by atoms with Gasteiger partial charge in [-0.25, -0.2) is 4.39 Å². The summed E-state index contributed by atoms with van der Waals surface area (Å²) in [5.74, 6) is 0.418. The van der Waals surface area contributed by atoms with E-state index in [-0.39, 0.29) is 16.7 Å². The van der Waals surface area contributed by atoms with Gasteiger partial charge in [0.25, 0.3) is 0 Å². The Bertz CT molecular complexity index is 704. The summed E-state index contributed by atoms with van der Waals surface area (Å²) < 4.78 is 13.6. The second-order valence-corrected chi connectivity index (χ2v) is 6.21. The predicted molar refractivity (Wildman–Crippen MR) is 92.7 cm³/mol. The highest BCUT2D eigenvalue weighted by Gasteiger charge is 1.99. The van der Waals surface area contributed by atoms with E-state index in [9.17, 15) is 9.50 Å². The number of aromatic hydroxyl groups is 1. The second-order valence-electron chi connectivity index (χ2n) is 4.30. The van der Waals surface area contributed by atoms with Gasteiger partial charge in [-0.3, -0.25) is 0 Å². The number of halogens is 2. The summed E-state index contributed by atoms with van der Waals surface area (Å²) in [7, 11) is 0. The summed E-state index contributed by atoms with van der Waals surface area (Å²) in [6.45, 7) is 0. The number of nitrogens with two attached hydrogens (primary N) is 1. The summed E-state index contributed by atoms with van der Waals surface area (Å²) >= 11 is 4.61. The van der Waals surface area contributed by atoms with Gasteiger partial charge in [-0.2, -0.15) is 5.10 Å². The fraction of sp³-hybridized carbons (Fsp3) is 0.0667. The average Bonchev–Trinajstić information content (AvgIpc) is 2.50. The molecule has 0 radical (unpaired) electrons. The van der Waals surface area contributed by atoms with Crippen molar-refractivity contribution in [2.75, 3.05) is 0 Å². The maximum Gasteiger partial charge on any atom is 0.180 e. The molecule has 7 heteroatoms. The van der Waals surface area contributed by atoms with Gasteiger partial charge in [-0.1, -0.05) is 39.8 Å². The van der Waals surface area contributed by atoms with Gasteiger partial charge in [0, 0.05) is 15.8 Å². The molecule has 0 amide bonds. The first-order chi connectivity index (χ1) is 10.5. The summed E-state index contributed by atoms with van der Waals surface area (Å²) in [5, 5.41) is 17.6. The Hall–Kier alpha value is -1.86. The van der Waals surface area contributed by atoms with E-state index in [1.54, 1.807) is 30.3 Å². The minimum Gasteiger partial charge on any atom is -0.507 e. The molecule has 0 aliphatic heterocycles. The largest absolute Gasteiger partial charge is 0.507 e. The summed E-state index contributed by atoms with van der Waals surface area (Å²) in [6, 6.07) is 11.2. The van der Waals surface area contributed by atoms with E-state index >= 15 is 0 Å². The van der Waals surface area contributed by atoms with E-state index in [2.05, 4.69) is 26.1 Å².